The molecule has 1 aromatic heterocycles. The van der Waals surface area contributed by atoms with Gasteiger partial charge in [0.15, 0.2) is 5.13 Å². The van der Waals surface area contributed by atoms with Gasteiger partial charge in [-0.05, 0) is 6.42 Å². The van der Waals surface area contributed by atoms with Crippen LogP contribution in [0, 0.1) is 0 Å². The van der Waals surface area contributed by atoms with Gasteiger partial charge in [-0.3, -0.25) is 0 Å². The summed E-state index contributed by atoms with van der Waals surface area (Å²) in [5.74, 6) is -0.378. The number of halogens is 1. The monoisotopic (exact) mass is 248 g/mol. The molecule has 15 heavy (non-hydrogen) atoms. The van der Waals surface area contributed by atoms with Crippen LogP contribution in [-0.2, 0) is 9.53 Å². The first-order valence-corrected chi connectivity index (χ1v) is 5.06. The number of carbonyl (C=O) groups excluding carboxylic acids is 1. The highest BCUT2D eigenvalue weighted by Gasteiger charge is 2.14. The van der Waals surface area contributed by atoms with Crippen molar-refractivity contribution in [2.24, 2.45) is 0 Å². The summed E-state index contributed by atoms with van der Waals surface area (Å²) < 4.78 is 4.65. The molecule has 0 atom stereocenters. The molecule has 1 heterocycles. The predicted octanol–water partition coefficient (Wildman–Crippen LogP) is 2.11. The molecule has 0 bridgehead atoms. The molecule has 0 saturated carbocycles. The quantitative estimate of drug-likeness (QED) is 0.657. The van der Waals surface area contributed by atoms with Gasteiger partial charge in [-0.2, -0.15) is 0 Å². The van der Waals surface area contributed by atoms with Crippen LogP contribution in [0.1, 0.15) is 19.0 Å². The second-order valence-corrected chi connectivity index (χ2v) is 3.48. The van der Waals surface area contributed by atoms with E-state index in [0.717, 1.165) is 6.42 Å². The molecular weight excluding hydrogens is 236 g/mol. The van der Waals surface area contributed by atoms with Crippen molar-refractivity contribution in [1.29, 1.82) is 0 Å². The number of methoxy groups -OCH3 is 1. The van der Waals surface area contributed by atoms with Crippen LogP contribution >= 0.6 is 23.7 Å². The van der Waals surface area contributed by atoms with Crippen LogP contribution in [0.3, 0.4) is 0 Å². The Labute approximate surface area is 98.6 Å². The average molecular weight is 249 g/mol. The number of rotatable bonds is 3. The van der Waals surface area contributed by atoms with E-state index in [9.17, 15) is 4.79 Å². The first-order valence-electron chi connectivity index (χ1n) is 4.18. The van der Waals surface area contributed by atoms with E-state index in [1.54, 1.807) is 11.5 Å². The Bertz CT molecular complexity index is 363. The largest absolute Gasteiger partial charge is 0.465 e. The number of esters is 1. The molecule has 0 spiro atoms. The van der Waals surface area contributed by atoms with Crippen LogP contribution in [0.25, 0.3) is 5.57 Å². The van der Waals surface area contributed by atoms with Crippen molar-refractivity contribution < 1.29 is 9.53 Å². The number of anilines is 1. The van der Waals surface area contributed by atoms with Gasteiger partial charge in [-0.15, -0.1) is 23.7 Å². The van der Waals surface area contributed by atoms with E-state index in [1.807, 2.05) is 6.92 Å². The van der Waals surface area contributed by atoms with Gasteiger partial charge in [0.2, 0.25) is 0 Å². The Kier molecular flexibility index (Phi) is 5.96. The lowest BCUT2D eigenvalue weighted by Gasteiger charge is -2.00. The summed E-state index contributed by atoms with van der Waals surface area (Å²) in [5, 5.41) is 2.19. The van der Waals surface area contributed by atoms with E-state index < -0.39 is 0 Å². The summed E-state index contributed by atoms with van der Waals surface area (Å²) in [5.41, 5.74) is 6.54. The molecule has 6 heteroatoms. The molecule has 1 rings (SSSR count). The van der Waals surface area contributed by atoms with E-state index >= 15 is 0 Å². The number of nitrogens with two attached hydrogens (primary N) is 1. The number of aromatic nitrogens is 1. The van der Waals surface area contributed by atoms with E-state index in [2.05, 4.69) is 9.72 Å². The third-order valence-corrected chi connectivity index (χ3v) is 2.29. The summed E-state index contributed by atoms with van der Waals surface area (Å²) in [7, 11) is 1.35. The lowest BCUT2D eigenvalue weighted by molar-refractivity contribution is -0.133. The number of hydrogen-bond donors (Lipinski definition) is 1. The summed E-state index contributed by atoms with van der Waals surface area (Å²) in [6, 6.07) is 0. The smallest absolute Gasteiger partial charge is 0.339 e. The highest BCUT2D eigenvalue weighted by molar-refractivity contribution is 7.13. The number of nitrogens with zero attached hydrogens (tertiary/aromatic N) is 1. The zero-order chi connectivity index (χ0) is 10.6. The van der Waals surface area contributed by atoms with Crippen LogP contribution in [0.4, 0.5) is 5.13 Å². The SMILES string of the molecule is CC/C=C(\C(=O)OC)c1csc(N)n1.Cl. The van der Waals surface area contributed by atoms with Crippen LogP contribution in [0.2, 0.25) is 0 Å². The molecule has 0 aromatic carbocycles. The fraction of sp³-hybridized carbons (Fsp3) is 0.333. The van der Waals surface area contributed by atoms with Crippen molar-refractivity contribution in [3.8, 4) is 0 Å². The van der Waals surface area contributed by atoms with Gasteiger partial charge >= 0.3 is 5.97 Å². The topological polar surface area (TPSA) is 65.2 Å². The van der Waals surface area contributed by atoms with Gasteiger partial charge in [0.25, 0.3) is 0 Å². The predicted molar refractivity (Wildman–Crippen MR) is 64.1 cm³/mol. The number of ether oxygens (including phenoxy) is 1. The van der Waals surface area contributed by atoms with Gasteiger partial charge < -0.3 is 10.5 Å². The number of hydrogen-bond acceptors (Lipinski definition) is 5. The molecule has 0 aliphatic heterocycles. The van der Waals surface area contributed by atoms with Crippen LogP contribution in [0.15, 0.2) is 11.5 Å². The van der Waals surface area contributed by atoms with E-state index in [0.29, 0.717) is 16.4 Å². The number of carbonyl (C=O) groups is 1. The lowest BCUT2D eigenvalue weighted by atomic mass is 10.2. The van der Waals surface area contributed by atoms with Crippen molar-refractivity contribution >= 4 is 40.4 Å². The number of thiazole rings is 1. The maximum absolute atomic E-state index is 11.3. The zero-order valence-corrected chi connectivity index (χ0v) is 10.2. The summed E-state index contributed by atoms with van der Waals surface area (Å²) >= 11 is 1.30. The minimum absolute atomic E-state index is 0. The Morgan fingerprint density at radius 2 is 2.40 bits per heavy atom. The first-order chi connectivity index (χ1) is 6.69. The normalized spacial score (nSPS) is 10.7. The highest BCUT2D eigenvalue weighted by Crippen LogP contribution is 2.20. The molecule has 0 aliphatic carbocycles. The van der Waals surface area contributed by atoms with Gasteiger partial charge in [0.05, 0.1) is 18.4 Å². The molecule has 1 aromatic rings. The Morgan fingerprint density at radius 3 is 2.80 bits per heavy atom. The Hall–Kier alpha value is -1.07. The second kappa shape index (κ2) is 6.42. The van der Waals surface area contributed by atoms with Crippen molar-refractivity contribution in [2.75, 3.05) is 12.8 Å². The van der Waals surface area contributed by atoms with Gasteiger partial charge in [-0.25, -0.2) is 9.78 Å². The van der Waals surface area contributed by atoms with Crippen molar-refractivity contribution in [2.45, 2.75) is 13.3 Å². The van der Waals surface area contributed by atoms with Crippen LogP contribution in [-0.4, -0.2) is 18.1 Å². The maximum atomic E-state index is 11.3. The molecule has 2 N–H and O–H groups in total. The molecule has 0 saturated heterocycles. The van der Waals surface area contributed by atoms with Crippen molar-refractivity contribution in [3.63, 3.8) is 0 Å². The van der Waals surface area contributed by atoms with Crippen molar-refractivity contribution in [3.05, 3.63) is 17.2 Å². The van der Waals surface area contributed by atoms with Crippen molar-refractivity contribution in [1.82, 2.24) is 4.98 Å². The molecular formula is C9H13ClN2O2S. The van der Waals surface area contributed by atoms with Gasteiger partial charge in [-0.1, -0.05) is 13.0 Å². The van der Waals surface area contributed by atoms with Crippen LogP contribution < -0.4 is 5.73 Å². The molecule has 84 valence electrons. The van der Waals surface area contributed by atoms with Gasteiger partial charge in [0.1, 0.15) is 0 Å². The van der Waals surface area contributed by atoms with Gasteiger partial charge in [0, 0.05) is 5.38 Å². The van der Waals surface area contributed by atoms with E-state index in [-0.39, 0.29) is 18.4 Å². The fourth-order valence-corrected chi connectivity index (χ4v) is 1.58. The third-order valence-electron chi connectivity index (χ3n) is 1.61. The molecule has 0 unspecified atom stereocenters. The second-order valence-electron chi connectivity index (χ2n) is 2.59. The van der Waals surface area contributed by atoms with Crippen LogP contribution in [0.5, 0.6) is 0 Å². The Balaban J connectivity index is 0.00000196. The van der Waals surface area contributed by atoms with E-state index in [1.165, 1.54) is 18.4 Å². The number of nitrogen functional groups attached to an aromatic ring is 1. The lowest BCUT2D eigenvalue weighted by Crippen LogP contribution is -2.04. The highest BCUT2D eigenvalue weighted by atomic mass is 35.5. The molecule has 4 nitrogen and oxygen atoms in total. The minimum Gasteiger partial charge on any atom is -0.465 e. The maximum Gasteiger partial charge on any atom is 0.339 e. The first kappa shape index (κ1) is 13.9. The summed E-state index contributed by atoms with van der Waals surface area (Å²) in [6.45, 7) is 1.94. The average Bonchev–Trinajstić information content (AvgIpc) is 2.60. The molecule has 0 radical (unpaired) electrons. The minimum atomic E-state index is -0.378. The zero-order valence-electron chi connectivity index (χ0n) is 8.52. The fourth-order valence-electron chi connectivity index (χ4n) is 1.02. The van der Waals surface area contributed by atoms with E-state index in [4.69, 9.17) is 5.73 Å². The summed E-state index contributed by atoms with van der Waals surface area (Å²) in [6.07, 6.45) is 2.53. The molecule has 0 fully saturated rings. The standard InChI is InChI=1S/C9H12N2O2S.ClH/c1-3-4-6(8(12)13-2)7-5-14-9(10)11-7;/h4-5H,3H2,1-2H3,(H2,10,11);1H/b6-4-;. The third kappa shape index (κ3) is 3.53. The summed E-state index contributed by atoms with van der Waals surface area (Å²) in [4.78, 5) is 15.4. The molecule has 0 amide bonds. The number of allylic oxidation sites excluding steroid dienone is 1. The Morgan fingerprint density at radius 1 is 1.73 bits per heavy atom. The molecule has 0 aliphatic rings.